The van der Waals surface area contributed by atoms with Crippen molar-refractivity contribution in [3.05, 3.63) is 0 Å². The van der Waals surface area contributed by atoms with E-state index in [9.17, 15) is 39.5 Å². The van der Waals surface area contributed by atoms with Gasteiger partial charge in [0.25, 0.3) is 0 Å². The van der Waals surface area contributed by atoms with Crippen LogP contribution in [0, 0.1) is 0 Å². The summed E-state index contributed by atoms with van der Waals surface area (Å²) in [4.78, 5) is 0. The van der Waals surface area contributed by atoms with Gasteiger partial charge in [-0.2, -0.15) is 39.5 Å². The van der Waals surface area contributed by atoms with Crippen molar-refractivity contribution in [1.29, 1.82) is 0 Å². The largest absolute Gasteiger partial charge is 3.00 e. The van der Waals surface area contributed by atoms with Crippen molar-refractivity contribution in [3.8, 4) is 0 Å². The minimum Gasteiger partial charge on any atom is -0.741 e. The molecule has 0 aromatic rings. The van der Waals surface area contributed by atoms with E-state index in [0.717, 1.165) is 5.28 Å². The molecule has 0 rings (SSSR count). The molecule has 0 saturated carbocycles. The maximum Gasteiger partial charge on any atom is 3.00 e. The molecule has 0 aromatic heterocycles. The van der Waals surface area contributed by atoms with Crippen LogP contribution in [0.4, 0.5) is 39.5 Å². The van der Waals surface area contributed by atoms with Crippen LogP contribution < -0.4 is 0 Å². The first-order valence-corrected chi connectivity index (χ1v) is 13.9. The van der Waals surface area contributed by atoms with E-state index in [4.69, 9.17) is 59.0 Å². The molecule has 0 unspecified atom stereocenters. The van der Waals surface area contributed by atoms with E-state index in [1.807, 2.05) is 6.92 Å². The summed E-state index contributed by atoms with van der Waals surface area (Å²) in [5.41, 5.74) is -16.9. The summed E-state index contributed by atoms with van der Waals surface area (Å²) in [6.45, 7) is 2.00. The van der Waals surface area contributed by atoms with Gasteiger partial charge in [0.1, 0.15) is 0 Å². The van der Waals surface area contributed by atoms with Crippen molar-refractivity contribution in [2.45, 2.75) is 28.7 Å². The van der Waals surface area contributed by atoms with Crippen molar-refractivity contribution in [3.63, 3.8) is 0 Å². The van der Waals surface area contributed by atoms with Gasteiger partial charge in [0.15, 0.2) is 30.4 Å². The van der Waals surface area contributed by atoms with Gasteiger partial charge >= 0.3 is 46.2 Å². The molecule has 0 aromatic carbocycles. The van der Waals surface area contributed by atoms with Gasteiger partial charge in [-0.25, -0.2) is 45.4 Å². The zero-order valence-electron chi connectivity index (χ0n) is 13.4. The Bertz CT molecular complexity index is 674. The van der Waals surface area contributed by atoms with E-state index >= 15 is 0 Å². The quantitative estimate of drug-likeness (QED) is 0.188. The van der Waals surface area contributed by atoms with Crippen LogP contribution in [-0.2, 0) is 30.4 Å². The van der Waals surface area contributed by atoms with Crippen molar-refractivity contribution < 1.29 is 78.4 Å². The van der Waals surface area contributed by atoms with Crippen LogP contribution in [0.3, 0.4) is 0 Å². The van der Waals surface area contributed by atoms with Crippen molar-refractivity contribution in [1.82, 2.24) is 0 Å². The fraction of sp³-hybridized carbons (Fsp3) is 1.00. The molecule has 180 valence electrons. The van der Waals surface area contributed by atoms with Crippen LogP contribution in [0.15, 0.2) is 0 Å². The molecular formula is C5H5Al2Cl2F9O9S3. The van der Waals surface area contributed by atoms with Crippen LogP contribution in [0.5, 0.6) is 0 Å². The molecule has 0 spiro atoms. The molecule has 0 atom stereocenters. The maximum absolute atomic E-state index is 10.7. The Morgan fingerprint density at radius 2 is 0.700 bits per heavy atom. The van der Waals surface area contributed by atoms with Crippen LogP contribution in [-0.4, -0.2) is 85.1 Å². The fourth-order valence-electron chi connectivity index (χ4n) is 0. The Labute approximate surface area is 186 Å². The second-order valence-corrected chi connectivity index (χ2v) is 13.0. The van der Waals surface area contributed by atoms with Crippen LogP contribution in [0.2, 0.25) is 5.28 Å². The number of halogens is 11. The van der Waals surface area contributed by atoms with E-state index in [0.29, 0.717) is 0 Å². The topological polar surface area (TPSA) is 172 Å². The van der Waals surface area contributed by atoms with Gasteiger partial charge < -0.3 is 13.7 Å². The summed E-state index contributed by atoms with van der Waals surface area (Å²) in [5, 5.41) is 0.975. The second-order valence-electron chi connectivity index (χ2n) is 3.50. The number of hydrogen-bond acceptors (Lipinski definition) is 9. The first-order chi connectivity index (χ1) is 12.0. The molecule has 0 amide bonds. The van der Waals surface area contributed by atoms with Gasteiger partial charge in [0.2, 0.25) is 0 Å². The number of hydrogen-bond donors (Lipinski definition) is 0. The monoisotopic (exact) mass is 600 g/mol. The molecule has 9 nitrogen and oxygen atoms in total. The zero-order valence-corrected chi connectivity index (χ0v) is 19.7. The van der Waals surface area contributed by atoms with Gasteiger partial charge in [-0.3, -0.25) is 0 Å². The Morgan fingerprint density at radius 3 is 0.700 bits per heavy atom. The summed E-state index contributed by atoms with van der Waals surface area (Å²) in [6, 6.07) is 0. The molecule has 30 heavy (non-hydrogen) atoms. The van der Waals surface area contributed by atoms with Crippen molar-refractivity contribution in [2.75, 3.05) is 0 Å². The summed E-state index contributed by atoms with van der Waals surface area (Å²) >= 11 is -1.21. The Kier molecular flexibility index (Phi) is 20.3. The Morgan fingerprint density at radius 1 is 0.633 bits per heavy atom. The van der Waals surface area contributed by atoms with Crippen molar-refractivity contribution in [2.24, 2.45) is 0 Å². The molecule has 25 heteroatoms. The minimum atomic E-state index is -6.09. The number of alkyl halides is 9. The summed E-state index contributed by atoms with van der Waals surface area (Å²) < 4.78 is 177. The van der Waals surface area contributed by atoms with Gasteiger partial charge in [0, 0.05) is 0 Å². The molecule has 0 aliphatic carbocycles. The molecular weight excluding hydrogens is 596 g/mol. The normalized spacial score (nSPS) is 12.5. The fourth-order valence-corrected chi connectivity index (χ4v) is 0. The van der Waals surface area contributed by atoms with E-state index in [-0.39, 0.29) is 17.4 Å². The molecule has 0 saturated heterocycles. The molecule has 0 aliphatic heterocycles. The van der Waals surface area contributed by atoms with Gasteiger partial charge in [0.05, 0.1) is 0 Å². The minimum absolute atomic E-state index is 0. The average molecular weight is 601 g/mol. The second kappa shape index (κ2) is 14.8. The van der Waals surface area contributed by atoms with Crippen LogP contribution >= 0.6 is 20.1 Å². The predicted molar refractivity (Wildman–Crippen MR) is 81.0 cm³/mol. The Balaban J connectivity index is -0.0000000929. The number of rotatable bonds is 1. The first-order valence-electron chi connectivity index (χ1n) is 5.37. The summed E-state index contributed by atoms with van der Waals surface area (Å²) in [6.07, 6.45) is 0. The smallest absolute Gasteiger partial charge is 0.741 e. The Hall–Kier alpha value is 0.745. The molecule has 0 aliphatic rings. The molecule has 0 heterocycles. The van der Waals surface area contributed by atoms with E-state index in [1.165, 1.54) is 0 Å². The van der Waals surface area contributed by atoms with Gasteiger partial charge in [-0.05, 0) is 0 Å². The third-order valence-electron chi connectivity index (χ3n) is 1.16. The van der Waals surface area contributed by atoms with E-state index < -0.39 is 59.2 Å². The predicted octanol–water partition coefficient (Wildman–Crippen LogP) is 1.75. The van der Waals surface area contributed by atoms with Crippen LogP contribution in [0.1, 0.15) is 6.92 Å². The van der Waals surface area contributed by atoms with E-state index in [1.54, 1.807) is 0 Å². The first kappa shape index (κ1) is 41.0. The third kappa shape index (κ3) is 25.0. The molecule has 0 N–H and O–H groups in total. The summed E-state index contributed by atoms with van der Waals surface area (Å²) in [7, 11) is -7.54. The van der Waals surface area contributed by atoms with Crippen LogP contribution in [0.25, 0.3) is 0 Å². The van der Waals surface area contributed by atoms with Gasteiger partial charge in [-0.15, -0.1) is 0 Å². The maximum atomic E-state index is 10.7. The van der Waals surface area contributed by atoms with Gasteiger partial charge in [-0.1, -0.05) is 12.2 Å². The molecule has 0 fully saturated rings. The standard InChI is InChI=1S/C2H5.3CHF3O3S.2Al.2ClH/c1-2;3*2-1(3,4)8(5,6)7;;;;/h1H2,2H3;3*(H,5,6,7);;;2*1H/q;;;;+2;+3;;/p-5. The van der Waals surface area contributed by atoms with E-state index in [2.05, 4.69) is 0 Å². The zero-order chi connectivity index (χ0) is 25.3. The van der Waals surface area contributed by atoms with Crippen molar-refractivity contribution >= 4 is 80.1 Å². The summed E-state index contributed by atoms with van der Waals surface area (Å²) in [5.74, 6) is 0. The molecule has 0 bridgehead atoms. The third-order valence-corrected chi connectivity index (χ3v) is 5.33. The molecule has 0 radical (unpaired) electrons. The average Bonchev–Trinajstić information content (AvgIpc) is 2.33. The SMILES string of the molecule is C[CH2][Al]([Cl])[Cl].O=S(=O)([O-])C(F)(F)F.O=S(=O)([O-])C(F)(F)F.O=S(=O)([O-])C(F)(F)F.[Al+3].